The highest BCUT2D eigenvalue weighted by Gasteiger charge is 2.25. The van der Waals surface area contributed by atoms with Gasteiger partial charge in [-0.15, -0.1) is 0 Å². The first-order valence-corrected chi connectivity index (χ1v) is 6.47. The maximum atomic E-state index is 12.5. The molecule has 1 atom stereocenters. The van der Waals surface area contributed by atoms with Crippen LogP contribution in [0.5, 0.6) is 5.75 Å². The van der Waals surface area contributed by atoms with E-state index in [1.54, 1.807) is 0 Å². The molecule has 0 radical (unpaired) electrons. The summed E-state index contributed by atoms with van der Waals surface area (Å²) < 4.78 is 5.52. The number of piperazine rings is 1. The summed E-state index contributed by atoms with van der Waals surface area (Å²) in [6.45, 7) is 7.01. The first-order valence-electron chi connectivity index (χ1n) is 6.47. The van der Waals surface area contributed by atoms with E-state index in [1.807, 2.05) is 36.1 Å². The molecule has 0 unspecified atom stereocenters. The lowest BCUT2D eigenvalue weighted by molar-refractivity contribution is 0.0651. The van der Waals surface area contributed by atoms with Crippen LogP contribution >= 0.6 is 0 Å². The average molecular weight is 248 g/mol. The molecule has 1 aliphatic heterocycles. The van der Waals surface area contributed by atoms with Gasteiger partial charge in [0.1, 0.15) is 5.75 Å². The van der Waals surface area contributed by atoms with Gasteiger partial charge in [0.15, 0.2) is 0 Å². The molecular formula is C14H20N2O2. The number of amides is 1. The SMILES string of the molecule is CCOc1ccccc1C(=O)N1CCNC[C@@H]1C. The van der Waals surface area contributed by atoms with Gasteiger partial charge in [-0.05, 0) is 26.0 Å². The second-order valence-electron chi connectivity index (χ2n) is 4.48. The second-order valence-corrected chi connectivity index (χ2v) is 4.48. The number of rotatable bonds is 3. The molecule has 1 aromatic rings. The van der Waals surface area contributed by atoms with Crippen LogP contribution in [0.2, 0.25) is 0 Å². The number of carbonyl (C=O) groups excluding carboxylic acids is 1. The van der Waals surface area contributed by atoms with E-state index in [9.17, 15) is 4.79 Å². The Balaban J connectivity index is 2.22. The number of para-hydroxylation sites is 1. The summed E-state index contributed by atoms with van der Waals surface area (Å²) in [5, 5.41) is 3.29. The highest BCUT2D eigenvalue weighted by atomic mass is 16.5. The third-order valence-corrected chi connectivity index (χ3v) is 3.18. The first-order chi connectivity index (χ1) is 8.74. The van der Waals surface area contributed by atoms with Gasteiger partial charge < -0.3 is 15.0 Å². The smallest absolute Gasteiger partial charge is 0.257 e. The summed E-state index contributed by atoms with van der Waals surface area (Å²) in [5.41, 5.74) is 0.660. The molecule has 0 bridgehead atoms. The number of hydrogen-bond acceptors (Lipinski definition) is 3. The van der Waals surface area contributed by atoms with Gasteiger partial charge in [-0.25, -0.2) is 0 Å². The van der Waals surface area contributed by atoms with Gasteiger partial charge in [0.2, 0.25) is 0 Å². The molecule has 2 rings (SSSR count). The van der Waals surface area contributed by atoms with Gasteiger partial charge in [-0.3, -0.25) is 4.79 Å². The van der Waals surface area contributed by atoms with E-state index in [-0.39, 0.29) is 11.9 Å². The predicted octanol–water partition coefficient (Wildman–Crippen LogP) is 1.52. The molecule has 4 nitrogen and oxygen atoms in total. The Labute approximate surface area is 108 Å². The van der Waals surface area contributed by atoms with Crippen LogP contribution in [-0.2, 0) is 0 Å². The van der Waals surface area contributed by atoms with Crippen LogP contribution < -0.4 is 10.1 Å². The predicted molar refractivity (Wildman–Crippen MR) is 71.0 cm³/mol. The minimum Gasteiger partial charge on any atom is -0.493 e. The lowest BCUT2D eigenvalue weighted by Gasteiger charge is -2.34. The van der Waals surface area contributed by atoms with Crippen molar-refractivity contribution in [2.24, 2.45) is 0 Å². The van der Waals surface area contributed by atoms with Gasteiger partial charge in [0, 0.05) is 25.7 Å². The van der Waals surface area contributed by atoms with Crippen LogP contribution in [0.25, 0.3) is 0 Å². The first kappa shape index (κ1) is 12.9. The van der Waals surface area contributed by atoms with Crippen molar-refractivity contribution in [1.82, 2.24) is 10.2 Å². The zero-order valence-corrected chi connectivity index (χ0v) is 11.0. The highest BCUT2D eigenvalue weighted by molar-refractivity contribution is 5.97. The zero-order chi connectivity index (χ0) is 13.0. The van der Waals surface area contributed by atoms with E-state index in [0.717, 1.165) is 19.6 Å². The molecular weight excluding hydrogens is 228 g/mol. The molecule has 4 heteroatoms. The van der Waals surface area contributed by atoms with Gasteiger partial charge in [0.25, 0.3) is 5.91 Å². The van der Waals surface area contributed by atoms with Crippen molar-refractivity contribution in [2.45, 2.75) is 19.9 Å². The number of benzene rings is 1. The minimum absolute atomic E-state index is 0.0630. The Morgan fingerprint density at radius 1 is 1.50 bits per heavy atom. The Bertz CT molecular complexity index is 420. The molecule has 0 aliphatic carbocycles. The van der Waals surface area contributed by atoms with Gasteiger partial charge in [0.05, 0.1) is 12.2 Å². The lowest BCUT2D eigenvalue weighted by atomic mass is 10.1. The number of hydrogen-bond donors (Lipinski definition) is 1. The normalized spacial score (nSPS) is 19.7. The highest BCUT2D eigenvalue weighted by Crippen LogP contribution is 2.21. The van der Waals surface area contributed by atoms with E-state index >= 15 is 0 Å². The molecule has 1 heterocycles. The molecule has 98 valence electrons. The Hall–Kier alpha value is -1.55. The molecule has 18 heavy (non-hydrogen) atoms. The largest absolute Gasteiger partial charge is 0.493 e. The average Bonchev–Trinajstić information content (AvgIpc) is 2.40. The van der Waals surface area contributed by atoms with Crippen molar-refractivity contribution in [3.63, 3.8) is 0 Å². The monoisotopic (exact) mass is 248 g/mol. The quantitative estimate of drug-likeness (QED) is 0.881. The fourth-order valence-corrected chi connectivity index (χ4v) is 2.22. The summed E-state index contributed by atoms with van der Waals surface area (Å²) in [4.78, 5) is 14.4. The minimum atomic E-state index is 0.0630. The Morgan fingerprint density at radius 3 is 3.00 bits per heavy atom. The molecule has 1 fully saturated rings. The fourth-order valence-electron chi connectivity index (χ4n) is 2.22. The fraction of sp³-hybridized carbons (Fsp3) is 0.500. The molecule has 1 saturated heterocycles. The maximum Gasteiger partial charge on any atom is 0.257 e. The van der Waals surface area contributed by atoms with E-state index in [4.69, 9.17) is 4.74 Å². The summed E-state index contributed by atoms with van der Waals surface area (Å²) in [7, 11) is 0. The summed E-state index contributed by atoms with van der Waals surface area (Å²) in [5.74, 6) is 0.740. The number of nitrogens with zero attached hydrogens (tertiary/aromatic N) is 1. The summed E-state index contributed by atoms with van der Waals surface area (Å²) in [6.07, 6.45) is 0. The van der Waals surface area contributed by atoms with Crippen LogP contribution in [-0.4, -0.2) is 43.1 Å². The van der Waals surface area contributed by atoms with E-state index in [1.165, 1.54) is 0 Å². The second kappa shape index (κ2) is 5.87. The van der Waals surface area contributed by atoms with Crippen molar-refractivity contribution < 1.29 is 9.53 Å². The molecule has 0 spiro atoms. The topological polar surface area (TPSA) is 41.6 Å². The van der Waals surface area contributed by atoms with Crippen LogP contribution in [0, 0.1) is 0 Å². The van der Waals surface area contributed by atoms with Gasteiger partial charge in [-0.1, -0.05) is 12.1 Å². The lowest BCUT2D eigenvalue weighted by Crippen LogP contribution is -2.52. The van der Waals surface area contributed by atoms with E-state index < -0.39 is 0 Å². The zero-order valence-electron chi connectivity index (χ0n) is 11.0. The van der Waals surface area contributed by atoms with E-state index in [2.05, 4.69) is 12.2 Å². The summed E-state index contributed by atoms with van der Waals surface area (Å²) >= 11 is 0. The van der Waals surface area contributed by atoms with Crippen molar-refractivity contribution in [1.29, 1.82) is 0 Å². The van der Waals surface area contributed by atoms with Crippen LogP contribution in [0.1, 0.15) is 24.2 Å². The van der Waals surface area contributed by atoms with Gasteiger partial charge in [-0.2, -0.15) is 0 Å². The molecule has 1 amide bonds. The van der Waals surface area contributed by atoms with Gasteiger partial charge >= 0.3 is 0 Å². The molecule has 0 aromatic heterocycles. The molecule has 1 aromatic carbocycles. The number of nitrogens with one attached hydrogen (secondary N) is 1. The van der Waals surface area contributed by atoms with Crippen molar-refractivity contribution in [2.75, 3.05) is 26.2 Å². The van der Waals surface area contributed by atoms with Crippen LogP contribution in [0.15, 0.2) is 24.3 Å². The van der Waals surface area contributed by atoms with Crippen LogP contribution in [0.4, 0.5) is 0 Å². The molecule has 0 saturated carbocycles. The van der Waals surface area contributed by atoms with Crippen molar-refractivity contribution >= 4 is 5.91 Å². The number of carbonyl (C=O) groups is 1. The van der Waals surface area contributed by atoms with E-state index in [0.29, 0.717) is 17.9 Å². The number of ether oxygens (including phenoxy) is 1. The third-order valence-electron chi connectivity index (χ3n) is 3.18. The Kier molecular flexibility index (Phi) is 4.20. The maximum absolute atomic E-state index is 12.5. The standard InChI is InChI=1S/C14H20N2O2/c1-3-18-13-7-5-4-6-12(13)14(17)16-9-8-15-10-11(16)2/h4-7,11,15H,3,8-10H2,1-2H3/t11-/m0/s1. The Morgan fingerprint density at radius 2 is 2.28 bits per heavy atom. The van der Waals surface area contributed by atoms with Crippen molar-refractivity contribution in [3.05, 3.63) is 29.8 Å². The molecule has 1 N–H and O–H groups in total. The van der Waals surface area contributed by atoms with Crippen molar-refractivity contribution in [3.8, 4) is 5.75 Å². The molecule has 1 aliphatic rings. The third kappa shape index (κ3) is 2.64. The van der Waals surface area contributed by atoms with Crippen LogP contribution in [0.3, 0.4) is 0 Å². The summed E-state index contributed by atoms with van der Waals surface area (Å²) in [6, 6.07) is 7.68.